The van der Waals surface area contributed by atoms with Crippen LogP contribution in [0.3, 0.4) is 0 Å². The smallest absolute Gasteiger partial charge is 0.201 e. The van der Waals surface area contributed by atoms with Gasteiger partial charge in [0.2, 0.25) is 11.4 Å². The fraction of sp³-hybridized carbons (Fsp3) is 0.270. The summed E-state index contributed by atoms with van der Waals surface area (Å²) < 4.78 is 5.06. The predicted octanol–water partition coefficient (Wildman–Crippen LogP) is 13.6. The summed E-state index contributed by atoms with van der Waals surface area (Å²) in [6, 6.07) is 65.0. The highest BCUT2D eigenvalue weighted by molar-refractivity contribution is 6.89. The molecule has 1 aliphatic heterocycles. The van der Waals surface area contributed by atoms with Gasteiger partial charge in [-0.15, -0.1) is 0 Å². The van der Waals surface area contributed by atoms with Gasteiger partial charge < -0.3 is 0 Å². The molecular formula is C63H62N2Si+2. The Bertz CT molecular complexity index is 3090. The van der Waals surface area contributed by atoms with E-state index in [1.165, 1.54) is 110 Å². The summed E-state index contributed by atoms with van der Waals surface area (Å²) in [7, 11) is 0.705. The highest BCUT2D eigenvalue weighted by atomic mass is 28.3. The van der Waals surface area contributed by atoms with Crippen LogP contribution >= 0.6 is 0 Å². The summed E-state index contributed by atoms with van der Waals surface area (Å²) in [6.07, 6.45) is 12.9. The molecule has 0 spiro atoms. The summed E-state index contributed by atoms with van der Waals surface area (Å²) in [6.45, 7) is 10.1. The van der Waals surface area contributed by atoms with Gasteiger partial charge in [0, 0.05) is 28.9 Å². The molecule has 6 aromatic carbocycles. The second kappa shape index (κ2) is 16.0. The Kier molecular flexibility index (Phi) is 10.0. The van der Waals surface area contributed by atoms with Crippen LogP contribution in [0.25, 0.3) is 44.8 Å². The van der Waals surface area contributed by atoms with Gasteiger partial charge in [0.15, 0.2) is 18.4 Å². The van der Waals surface area contributed by atoms with Crippen molar-refractivity contribution in [1.82, 2.24) is 0 Å². The Morgan fingerprint density at radius 2 is 1.23 bits per heavy atom. The number of hydrogen-bond donors (Lipinski definition) is 0. The van der Waals surface area contributed by atoms with Crippen molar-refractivity contribution >= 4 is 13.3 Å². The van der Waals surface area contributed by atoms with Crippen LogP contribution < -0.4 is 14.3 Å². The minimum absolute atomic E-state index is 0.214. The molecule has 5 atom stereocenters. The monoisotopic (exact) mass is 874 g/mol. The van der Waals surface area contributed by atoms with Crippen LogP contribution in [0.4, 0.5) is 0 Å². The molecule has 0 saturated heterocycles. The van der Waals surface area contributed by atoms with Crippen molar-refractivity contribution in [2.24, 2.45) is 24.8 Å². The highest BCUT2D eigenvalue weighted by Gasteiger charge is 2.49. The summed E-state index contributed by atoms with van der Waals surface area (Å²) in [4.78, 5) is 0. The lowest BCUT2D eigenvalue weighted by Crippen LogP contribution is -2.47. The van der Waals surface area contributed by atoms with Crippen LogP contribution in [-0.4, -0.2) is 8.07 Å². The van der Waals surface area contributed by atoms with Crippen LogP contribution in [0.5, 0.6) is 0 Å². The SMILES string of the molecule is CC1C(Cc2ccccc2-c2cc(CC3CC4CCC3C4)c([Si](C)(C)C)c[n+]2C)c2cc3c(cc2-c2cc(-c4ccccc4)cc[n+]21)-c1ccccc1C3(c1ccccc1)c1ccccc1. The van der Waals surface area contributed by atoms with Crippen LogP contribution in [0.2, 0.25) is 19.6 Å². The number of aromatic nitrogens is 2. The molecule has 0 amide bonds. The maximum Gasteiger partial charge on any atom is 0.213 e. The Morgan fingerprint density at radius 3 is 1.91 bits per heavy atom. The zero-order chi connectivity index (χ0) is 44.7. The van der Waals surface area contributed by atoms with Gasteiger partial charge in [-0.05, 0) is 130 Å². The minimum Gasteiger partial charge on any atom is -0.201 e. The van der Waals surface area contributed by atoms with Crippen LogP contribution in [0.1, 0.15) is 83.5 Å². The number of pyridine rings is 2. The molecule has 2 bridgehead atoms. The maximum atomic E-state index is 2.67. The van der Waals surface area contributed by atoms with E-state index in [0.29, 0.717) is 0 Å². The third kappa shape index (κ3) is 6.63. The molecule has 2 saturated carbocycles. The molecule has 2 aromatic heterocycles. The van der Waals surface area contributed by atoms with Gasteiger partial charge in [0.1, 0.15) is 7.05 Å². The van der Waals surface area contributed by atoms with Gasteiger partial charge in [0.25, 0.3) is 0 Å². The summed E-state index contributed by atoms with van der Waals surface area (Å²) in [5.74, 6) is 2.94. The van der Waals surface area contributed by atoms with Gasteiger partial charge in [-0.25, -0.2) is 4.57 Å². The first-order valence-electron chi connectivity index (χ1n) is 24.8. The molecule has 2 fully saturated rings. The molecule has 326 valence electrons. The molecule has 5 unspecified atom stereocenters. The average Bonchev–Trinajstić information content (AvgIpc) is 4.06. The zero-order valence-electron chi connectivity index (χ0n) is 39.3. The van der Waals surface area contributed by atoms with E-state index in [2.05, 4.69) is 225 Å². The average molecular weight is 875 g/mol. The Balaban J connectivity index is 1.05. The van der Waals surface area contributed by atoms with Crippen molar-refractivity contribution in [1.29, 1.82) is 0 Å². The van der Waals surface area contributed by atoms with E-state index < -0.39 is 13.5 Å². The second-order valence-corrected chi connectivity index (χ2v) is 26.4. The second-order valence-electron chi connectivity index (χ2n) is 21.4. The Morgan fingerprint density at radius 1 is 0.561 bits per heavy atom. The largest absolute Gasteiger partial charge is 0.213 e. The number of hydrogen-bond acceptors (Lipinski definition) is 0. The number of fused-ring (bicyclic) bond motifs is 8. The van der Waals surface area contributed by atoms with Gasteiger partial charge in [-0.1, -0.05) is 166 Å². The van der Waals surface area contributed by atoms with Gasteiger partial charge in [0.05, 0.1) is 25.0 Å². The summed E-state index contributed by atoms with van der Waals surface area (Å²) in [5.41, 5.74) is 19.9. The van der Waals surface area contributed by atoms with Gasteiger partial charge in [-0.3, -0.25) is 0 Å². The van der Waals surface area contributed by atoms with E-state index in [0.717, 1.165) is 24.2 Å². The lowest BCUT2D eigenvalue weighted by Gasteiger charge is -2.35. The molecule has 66 heavy (non-hydrogen) atoms. The highest BCUT2D eigenvalue weighted by Crippen LogP contribution is 2.58. The van der Waals surface area contributed by atoms with Crippen molar-refractivity contribution in [3.63, 3.8) is 0 Å². The van der Waals surface area contributed by atoms with E-state index in [4.69, 9.17) is 0 Å². The van der Waals surface area contributed by atoms with E-state index in [1.807, 2.05) is 0 Å². The van der Waals surface area contributed by atoms with E-state index in [9.17, 15) is 0 Å². The quantitative estimate of drug-likeness (QED) is 0.101. The number of aryl methyl sites for hydroxylation is 1. The van der Waals surface area contributed by atoms with Crippen molar-refractivity contribution in [2.75, 3.05) is 0 Å². The lowest BCUT2D eigenvalue weighted by atomic mass is 9.66. The molecule has 0 N–H and O–H groups in total. The van der Waals surface area contributed by atoms with Crippen LogP contribution in [0, 0.1) is 17.8 Å². The van der Waals surface area contributed by atoms with E-state index in [1.54, 1.807) is 10.8 Å². The first-order chi connectivity index (χ1) is 32.2. The number of nitrogens with zero attached hydrogens (tertiary/aromatic N) is 2. The van der Waals surface area contributed by atoms with Crippen molar-refractivity contribution < 1.29 is 9.13 Å². The molecule has 2 nitrogen and oxygen atoms in total. The third-order valence-corrected chi connectivity index (χ3v) is 18.8. The predicted molar refractivity (Wildman–Crippen MR) is 275 cm³/mol. The van der Waals surface area contributed by atoms with Crippen molar-refractivity contribution in [3.05, 3.63) is 221 Å². The normalized spacial score (nSPS) is 21.0. The third-order valence-electron chi connectivity index (χ3n) is 16.7. The standard InChI is InChI=1S/C63H62N2Si/c1-42-54(36-47-21-15-16-26-52(47)60-38-49(62(41-64(60)2)66(3,4)5)35-48-34-43-29-30-45(48)33-43)55-40-59-56(39-57(55)61-37-46(31-32-65(42)61)44-19-9-6-10-20-44)53-27-17-18-28-58(53)63(59,50-22-11-7-12-23-50)51-24-13-8-14-25-51/h6-28,31-32,37-43,45,48,54H,29-30,33-36H2,1-5H3/q+2. The van der Waals surface area contributed by atoms with Crippen LogP contribution in [0.15, 0.2) is 182 Å². The molecule has 12 rings (SSSR count). The number of rotatable bonds is 9. The lowest BCUT2D eigenvalue weighted by molar-refractivity contribution is -0.714. The zero-order valence-corrected chi connectivity index (χ0v) is 40.3. The van der Waals surface area contributed by atoms with E-state index in [-0.39, 0.29) is 12.0 Å². The molecule has 3 heterocycles. The Hall–Kier alpha value is -6.16. The number of benzene rings is 6. The maximum absolute atomic E-state index is 2.67. The fourth-order valence-electron chi connectivity index (χ4n) is 13.6. The summed E-state index contributed by atoms with van der Waals surface area (Å²) >= 11 is 0. The molecule has 8 aromatic rings. The first kappa shape index (κ1) is 41.3. The molecule has 3 aliphatic carbocycles. The molecule has 4 aliphatic rings. The molecule has 3 heteroatoms. The van der Waals surface area contributed by atoms with Gasteiger partial charge >= 0.3 is 0 Å². The van der Waals surface area contributed by atoms with Crippen LogP contribution in [-0.2, 0) is 25.3 Å². The Labute approximate surface area is 393 Å². The molecule has 0 radical (unpaired) electrons. The van der Waals surface area contributed by atoms with Gasteiger partial charge in [-0.2, -0.15) is 4.57 Å². The summed E-state index contributed by atoms with van der Waals surface area (Å²) in [5, 5.41) is 1.64. The fourth-order valence-corrected chi connectivity index (χ4v) is 15.3. The van der Waals surface area contributed by atoms with Crippen molar-refractivity contribution in [2.45, 2.75) is 82.5 Å². The first-order valence-corrected chi connectivity index (χ1v) is 28.3. The van der Waals surface area contributed by atoms with E-state index >= 15 is 0 Å². The topological polar surface area (TPSA) is 7.76 Å². The minimum atomic E-state index is -1.60. The molecular weight excluding hydrogens is 813 g/mol. The van der Waals surface area contributed by atoms with Crippen molar-refractivity contribution in [3.8, 4) is 44.8 Å².